The van der Waals surface area contributed by atoms with E-state index in [1.807, 2.05) is 39.0 Å². The fourth-order valence-electron chi connectivity index (χ4n) is 4.68. The number of ketones is 1. The molecule has 0 radical (unpaired) electrons. The van der Waals surface area contributed by atoms with Crippen LogP contribution in [-0.4, -0.2) is 46.3 Å². The Morgan fingerprint density at radius 1 is 1.10 bits per heavy atom. The van der Waals surface area contributed by atoms with Gasteiger partial charge in [-0.05, 0) is 58.1 Å². The minimum Gasteiger partial charge on any atom is -0.464 e. The molecule has 6 heteroatoms. The van der Waals surface area contributed by atoms with Gasteiger partial charge in [-0.25, -0.2) is 4.79 Å². The van der Waals surface area contributed by atoms with Gasteiger partial charge in [0.05, 0.1) is 13.2 Å². The zero-order valence-corrected chi connectivity index (χ0v) is 19.4. The first kappa shape index (κ1) is 22.8. The number of amides is 1. The number of carbonyl (C=O) groups excluding carboxylic acids is 3. The second-order valence-electron chi connectivity index (χ2n) is 8.72. The first-order chi connectivity index (χ1) is 14.6. The van der Waals surface area contributed by atoms with E-state index in [9.17, 15) is 14.4 Å². The van der Waals surface area contributed by atoms with Crippen LogP contribution in [0.25, 0.3) is 0 Å². The van der Waals surface area contributed by atoms with Gasteiger partial charge in [-0.1, -0.05) is 30.3 Å². The van der Waals surface area contributed by atoms with Crippen molar-refractivity contribution in [3.63, 3.8) is 0 Å². The Labute approximate surface area is 184 Å². The van der Waals surface area contributed by atoms with Crippen molar-refractivity contribution >= 4 is 17.7 Å². The number of aromatic nitrogens is 1. The molecular weight excluding hydrogens is 392 g/mol. The average molecular weight is 425 g/mol. The number of hydrogen-bond acceptors (Lipinski definition) is 4. The molecule has 31 heavy (non-hydrogen) atoms. The molecule has 1 aromatic carbocycles. The van der Waals surface area contributed by atoms with Crippen molar-refractivity contribution in [3.8, 4) is 0 Å². The van der Waals surface area contributed by atoms with Crippen molar-refractivity contribution in [3.05, 3.63) is 58.4 Å². The summed E-state index contributed by atoms with van der Waals surface area (Å²) in [4.78, 5) is 40.9. The maximum Gasteiger partial charge on any atom is 0.354 e. The standard InChI is InChI=1S/C25H32N2O4/c1-14(2)27(24(29)20-13-19(20)18-11-9-8-10-12-18)17(5)23(28)21-15(3)22(25(30)31-7)26(6)16(21)4/h8-12,14,17,19-20H,13H2,1-7H3/t17-,19+,20-/m1/s1. The normalized spacial score (nSPS) is 18.6. The summed E-state index contributed by atoms with van der Waals surface area (Å²) in [6, 6.07) is 9.30. The lowest BCUT2D eigenvalue weighted by molar-refractivity contribution is -0.135. The van der Waals surface area contributed by atoms with Crippen LogP contribution in [0, 0.1) is 19.8 Å². The number of methoxy groups -OCH3 is 1. The molecule has 1 aliphatic rings. The highest BCUT2D eigenvalue weighted by atomic mass is 16.5. The van der Waals surface area contributed by atoms with Gasteiger partial charge < -0.3 is 14.2 Å². The molecule has 166 valence electrons. The topological polar surface area (TPSA) is 68.6 Å². The van der Waals surface area contributed by atoms with Crippen LogP contribution in [0.2, 0.25) is 0 Å². The van der Waals surface area contributed by atoms with Crippen LogP contribution in [0.1, 0.15) is 70.8 Å². The third-order valence-corrected chi connectivity index (χ3v) is 6.50. The number of hydrogen-bond donors (Lipinski definition) is 0. The van der Waals surface area contributed by atoms with Gasteiger partial charge in [-0.15, -0.1) is 0 Å². The third kappa shape index (κ3) is 4.03. The Kier molecular flexibility index (Phi) is 6.39. The molecule has 0 spiro atoms. The van der Waals surface area contributed by atoms with Gasteiger partial charge in [0.1, 0.15) is 5.69 Å². The van der Waals surface area contributed by atoms with Crippen LogP contribution in [0.5, 0.6) is 0 Å². The van der Waals surface area contributed by atoms with Crippen molar-refractivity contribution in [1.29, 1.82) is 0 Å². The fraction of sp³-hybridized carbons (Fsp3) is 0.480. The summed E-state index contributed by atoms with van der Waals surface area (Å²) in [6.07, 6.45) is 0.808. The number of carbonyl (C=O) groups is 3. The molecule has 0 aliphatic heterocycles. The molecule has 1 aromatic heterocycles. The lowest BCUT2D eigenvalue weighted by Crippen LogP contribution is -2.48. The minimum absolute atomic E-state index is 0.0177. The van der Waals surface area contributed by atoms with Crippen molar-refractivity contribution in [2.45, 2.75) is 59.0 Å². The highest BCUT2D eigenvalue weighted by molar-refractivity contribution is 6.06. The van der Waals surface area contributed by atoms with E-state index in [4.69, 9.17) is 4.74 Å². The fourth-order valence-corrected chi connectivity index (χ4v) is 4.68. The summed E-state index contributed by atoms with van der Waals surface area (Å²) in [7, 11) is 3.07. The second kappa shape index (κ2) is 8.69. The maximum absolute atomic E-state index is 13.5. The minimum atomic E-state index is -0.630. The predicted molar refractivity (Wildman–Crippen MR) is 119 cm³/mol. The van der Waals surface area contributed by atoms with Crippen LogP contribution in [0.15, 0.2) is 30.3 Å². The Hall–Kier alpha value is -2.89. The lowest BCUT2D eigenvalue weighted by atomic mass is 9.98. The first-order valence-corrected chi connectivity index (χ1v) is 10.8. The summed E-state index contributed by atoms with van der Waals surface area (Å²) in [5.41, 5.74) is 3.31. The summed E-state index contributed by atoms with van der Waals surface area (Å²) in [5, 5.41) is 0. The van der Waals surface area contributed by atoms with E-state index >= 15 is 0 Å². The molecule has 3 rings (SSSR count). The molecular formula is C25H32N2O4. The van der Waals surface area contributed by atoms with Crippen molar-refractivity contribution in [2.24, 2.45) is 13.0 Å². The van der Waals surface area contributed by atoms with Gasteiger partial charge in [-0.3, -0.25) is 9.59 Å². The number of benzene rings is 1. The van der Waals surface area contributed by atoms with Gasteiger partial charge in [0, 0.05) is 30.3 Å². The number of Topliss-reactive ketones (excluding diaryl/α,β-unsaturated/α-hetero) is 1. The van der Waals surface area contributed by atoms with E-state index in [-0.39, 0.29) is 29.6 Å². The van der Waals surface area contributed by atoms with Crippen LogP contribution < -0.4 is 0 Å². The van der Waals surface area contributed by atoms with E-state index < -0.39 is 12.0 Å². The smallest absolute Gasteiger partial charge is 0.354 e. The quantitative estimate of drug-likeness (QED) is 0.497. The number of nitrogens with zero attached hydrogens (tertiary/aromatic N) is 2. The SMILES string of the molecule is COC(=O)c1c(C)c(C(=O)[C@@H](C)N(C(=O)[C@@H]2C[C@H]2c2ccccc2)C(C)C)c(C)n1C. The van der Waals surface area contributed by atoms with Gasteiger partial charge in [-0.2, -0.15) is 0 Å². The molecule has 0 bridgehead atoms. The molecule has 2 aromatic rings. The zero-order valence-electron chi connectivity index (χ0n) is 19.4. The molecule has 1 saturated carbocycles. The molecule has 3 atom stereocenters. The molecule has 0 N–H and O–H groups in total. The summed E-state index contributed by atoms with van der Waals surface area (Å²) < 4.78 is 6.58. The number of esters is 1. The Bertz CT molecular complexity index is 1010. The summed E-state index contributed by atoms with van der Waals surface area (Å²) >= 11 is 0. The van der Waals surface area contributed by atoms with Crippen LogP contribution in [-0.2, 0) is 16.6 Å². The van der Waals surface area contributed by atoms with Crippen molar-refractivity contribution in [1.82, 2.24) is 9.47 Å². The molecule has 0 saturated heterocycles. The summed E-state index contributed by atoms with van der Waals surface area (Å²) in [6.45, 7) is 9.22. The lowest BCUT2D eigenvalue weighted by Gasteiger charge is -2.32. The second-order valence-corrected chi connectivity index (χ2v) is 8.72. The molecule has 1 amide bonds. The Morgan fingerprint density at radius 2 is 1.71 bits per heavy atom. The Morgan fingerprint density at radius 3 is 2.26 bits per heavy atom. The van der Waals surface area contributed by atoms with Gasteiger partial charge >= 0.3 is 5.97 Å². The third-order valence-electron chi connectivity index (χ3n) is 6.50. The molecule has 0 unspecified atom stereocenters. The van der Waals surface area contributed by atoms with Crippen molar-refractivity contribution in [2.75, 3.05) is 7.11 Å². The Balaban J connectivity index is 1.88. The van der Waals surface area contributed by atoms with E-state index in [0.717, 1.165) is 6.42 Å². The van der Waals surface area contributed by atoms with Crippen LogP contribution in [0.4, 0.5) is 0 Å². The molecule has 1 aliphatic carbocycles. The number of rotatable bonds is 7. The van der Waals surface area contributed by atoms with Crippen molar-refractivity contribution < 1.29 is 19.1 Å². The van der Waals surface area contributed by atoms with Crippen LogP contribution in [0.3, 0.4) is 0 Å². The van der Waals surface area contributed by atoms with E-state index in [0.29, 0.717) is 22.5 Å². The predicted octanol–water partition coefficient (Wildman–Crippen LogP) is 4.04. The summed E-state index contributed by atoms with van der Waals surface area (Å²) in [5.74, 6) is -0.494. The average Bonchev–Trinajstić information content (AvgIpc) is 3.51. The van der Waals surface area contributed by atoms with Gasteiger partial charge in [0.15, 0.2) is 5.78 Å². The zero-order chi connectivity index (χ0) is 23.0. The molecule has 1 fully saturated rings. The van der Waals surface area contributed by atoms with Gasteiger partial charge in [0.2, 0.25) is 5.91 Å². The number of ether oxygens (including phenoxy) is 1. The van der Waals surface area contributed by atoms with Crippen LogP contribution >= 0.6 is 0 Å². The van der Waals surface area contributed by atoms with E-state index in [2.05, 4.69) is 12.1 Å². The first-order valence-electron chi connectivity index (χ1n) is 10.8. The maximum atomic E-state index is 13.5. The molecule has 6 nitrogen and oxygen atoms in total. The highest BCUT2D eigenvalue weighted by Gasteiger charge is 2.47. The molecule has 1 heterocycles. The highest BCUT2D eigenvalue weighted by Crippen LogP contribution is 2.49. The monoisotopic (exact) mass is 424 g/mol. The largest absolute Gasteiger partial charge is 0.464 e. The van der Waals surface area contributed by atoms with Gasteiger partial charge in [0.25, 0.3) is 0 Å². The van der Waals surface area contributed by atoms with E-state index in [1.165, 1.54) is 12.7 Å². The van der Waals surface area contributed by atoms with E-state index in [1.54, 1.807) is 30.4 Å².